The molecule has 5 heteroatoms. The van der Waals surface area contributed by atoms with Gasteiger partial charge in [-0.1, -0.05) is 29.6 Å². The summed E-state index contributed by atoms with van der Waals surface area (Å²) in [4.78, 5) is 17.3. The van der Waals surface area contributed by atoms with Crippen LogP contribution in [0.2, 0.25) is 10.0 Å². The zero-order valence-electron chi connectivity index (χ0n) is 12.0. The highest BCUT2D eigenvalue weighted by atomic mass is 35.5. The highest BCUT2D eigenvalue weighted by Crippen LogP contribution is 2.23. The number of fused-ring (bicyclic) bond motifs is 1. The normalized spacial score (nSPS) is 23.8. The van der Waals surface area contributed by atoms with E-state index in [1.54, 1.807) is 18.2 Å². The van der Waals surface area contributed by atoms with Gasteiger partial charge in [0.05, 0.1) is 11.6 Å². The Morgan fingerprint density at radius 2 is 2.05 bits per heavy atom. The highest BCUT2D eigenvalue weighted by Gasteiger charge is 2.29. The van der Waals surface area contributed by atoms with Crippen LogP contribution in [-0.4, -0.2) is 54.3 Å². The number of piperidine rings is 1. The summed E-state index contributed by atoms with van der Waals surface area (Å²) >= 11 is 12.0. The number of hydrogen-bond donors (Lipinski definition) is 0. The van der Waals surface area contributed by atoms with Crippen LogP contribution in [0.4, 0.5) is 0 Å². The van der Waals surface area contributed by atoms with Crippen molar-refractivity contribution in [2.24, 2.45) is 0 Å². The lowest BCUT2D eigenvalue weighted by molar-refractivity contribution is 0.0469. The molecule has 3 nitrogen and oxygen atoms in total. The molecule has 0 aliphatic carbocycles. The minimum atomic E-state index is 0.0842. The fourth-order valence-electron chi connectivity index (χ4n) is 3.37. The van der Waals surface area contributed by atoms with Gasteiger partial charge in [-0.3, -0.25) is 14.6 Å². The Bertz CT molecular complexity index is 535. The molecule has 0 N–H and O–H groups in total. The first-order valence-corrected chi connectivity index (χ1v) is 8.34. The lowest BCUT2D eigenvalue weighted by atomic mass is 9.99. The molecule has 2 aliphatic heterocycles. The van der Waals surface area contributed by atoms with Crippen LogP contribution in [0.3, 0.4) is 0 Å². The van der Waals surface area contributed by atoms with Crippen LogP contribution in [0, 0.1) is 0 Å². The summed E-state index contributed by atoms with van der Waals surface area (Å²) in [6, 6.07) is 5.71. The molecule has 21 heavy (non-hydrogen) atoms. The minimum Gasteiger partial charge on any atom is -0.298 e. The van der Waals surface area contributed by atoms with Gasteiger partial charge in [0.1, 0.15) is 0 Å². The lowest BCUT2D eigenvalue weighted by Gasteiger charge is -2.43. The van der Waals surface area contributed by atoms with Crippen molar-refractivity contribution in [3.05, 3.63) is 33.8 Å². The third-order valence-corrected chi connectivity index (χ3v) is 5.07. The molecule has 0 bridgehead atoms. The number of carbonyl (C=O) groups excluding carboxylic acids is 1. The number of Topliss-reactive ketones (excluding diaryl/α,β-unsaturated/α-hetero) is 1. The Hall–Kier alpha value is -0.610. The van der Waals surface area contributed by atoms with Crippen LogP contribution >= 0.6 is 23.2 Å². The van der Waals surface area contributed by atoms with E-state index in [2.05, 4.69) is 9.80 Å². The largest absolute Gasteiger partial charge is 0.298 e. The van der Waals surface area contributed by atoms with E-state index in [-0.39, 0.29) is 5.78 Å². The molecule has 2 heterocycles. The van der Waals surface area contributed by atoms with Gasteiger partial charge >= 0.3 is 0 Å². The average Bonchev–Trinajstić information content (AvgIpc) is 2.47. The molecular formula is C16H20Cl2N2O. The molecule has 0 aromatic heterocycles. The van der Waals surface area contributed by atoms with Gasteiger partial charge in [0.25, 0.3) is 0 Å². The molecule has 0 radical (unpaired) electrons. The van der Waals surface area contributed by atoms with Gasteiger partial charge in [-0.2, -0.15) is 0 Å². The molecular weight excluding hydrogens is 307 g/mol. The van der Waals surface area contributed by atoms with Gasteiger partial charge in [-0.25, -0.2) is 0 Å². The predicted molar refractivity (Wildman–Crippen MR) is 86.4 cm³/mol. The van der Waals surface area contributed by atoms with Crippen LogP contribution < -0.4 is 0 Å². The molecule has 1 atom stereocenters. The van der Waals surface area contributed by atoms with Crippen molar-refractivity contribution in [1.29, 1.82) is 0 Å². The third kappa shape index (κ3) is 3.59. The first-order chi connectivity index (χ1) is 10.1. The summed E-state index contributed by atoms with van der Waals surface area (Å²) in [5, 5.41) is 1.01. The fourth-order valence-corrected chi connectivity index (χ4v) is 3.88. The first-order valence-electron chi connectivity index (χ1n) is 7.58. The number of nitrogens with zero attached hydrogens (tertiary/aromatic N) is 2. The standard InChI is InChI=1S/C16H20Cl2N2O/c17-12-4-5-14(15(18)9-12)16(21)11-19-7-8-20-6-2-1-3-13(20)10-19/h4-5,9,13H,1-3,6-8,10-11H2. The topological polar surface area (TPSA) is 23.6 Å². The van der Waals surface area contributed by atoms with Crippen LogP contribution in [0.1, 0.15) is 29.6 Å². The molecule has 1 aromatic carbocycles. The maximum Gasteiger partial charge on any atom is 0.178 e. The van der Waals surface area contributed by atoms with E-state index < -0.39 is 0 Å². The van der Waals surface area contributed by atoms with E-state index in [0.29, 0.717) is 28.2 Å². The van der Waals surface area contributed by atoms with Crippen molar-refractivity contribution in [3.8, 4) is 0 Å². The number of piperazine rings is 1. The second kappa shape index (κ2) is 6.66. The quantitative estimate of drug-likeness (QED) is 0.796. The van der Waals surface area contributed by atoms with Crippen molar-refractivity contribution < 1.29 is 4.79 Å². The van der Waals surface area contributed by atoms with E-state index in [1.807, 2.05) is 0 Å². The van der Waals surface area contributed by atoms with Gasteiger partial charge in [0.2, 0.25) is 0 Å². The number of ketones is 1. The molecule has 2 aliphatic rings. The predicted octanol–water partition coefficient (Wildman–Crippen LogP) is 3.35. The number of hydrogen-bond acceptors (Lipinski definition) is 3. The number of halogens is 2. The summed E-state index contributed by atoms with van der Waals surface area (Å²) < 4.78 is 0. The summed E-state index contributed by atoms with van der Waals surface area (Å²) in [5.41, 5.74) is 0.576. The van der Waals surface area contributed by atoms with Crippen LogP contribution in [-0.2, 0) is 0 Å². The summed E-state index contributed by atoms with van der Waals surface area (Å²) in [5.74, 6) is 0.0842. The molecule has 0 amide bonds. The molecule has 1 unspecified atom stereocenters. The van der Waals surface area contributed by atoms with Crippen LogP contribution in [0.15, 0.2) is 18.2 Å². The Labute approximate surface area is 135 Å². The lowest BCUT2D eigenvalue weighted by Crippen LogP contribution is -2.55. The molecule has 3 rings (SSSR count). The van der Waals surface area contributed by atoms with Crippen molar-refractivity contribution in [2.75, 3.05) is 32.7 Å². The Morgan fingerprint density at radius 3 is 2.86 bits per heavy atom. The van der Waals surface area contributed by atoms with Gasteiger partial charge < -0.3 is 0 Å². The van der Waals surface area contributed by atoms with E-state index in [0.717, 1.165) is 19.6 Å². The summed E-state index contributed by atoms with van der Waals surface area (Å²) in [6.45, 7) is 4.71. The number of carbonyl (C=O) groups is 1. The van der Waals surface area contributed by atoms with Crippen molar-refractivity contribution >= 4 is 29.0 Å². The molecule has 0 spiro atoms. The zero-order valence-corrected chi connectivity index (χ0v) is 13.5. The van der Waals surface area contributed by atoms with Crippen molar-refractivity contribution in [2.45, 2.75) is 25.3 Å². The first kappa shape index (κ1) is 15.3. The van der Waals surface area contributed by atoms with Gasteiger partial charge in [0, 0.05) is 36.3 Å². The van der Waals surface area contributed by atoms with Crippen LogP contribution in [0.5, 0.6) is 0 Å². The molecule has 2 saturated heterocycles. The monoisotopic (exact) mass is 326 g/mol. The third-order valence-electron chi connectivity index (χ3n) is 4.52. The van der Waals surface area contributed by atoms with Gasteiger partial charge in [-0.05, 0) is 37.6 Å². The average molecular weight is 327 g/mol. The highest BCUT2D eigenvalue weighted by molar-refractivity contribution is 6.36. The molecule has 1 aromatic rings. The zero-order chi connectivity index (χ0) is 14.8. The second-order valence-corrected chi connectivity index (χ2v) is 6.81. The van der Waals surface area contributed by atoms with E-state index >= 15 is 0 Å². The van der Waals surface area contributed by atoms with Crippen molar-refractivity contribution in [1.82, 2.24) is 9.80 Å². The molecule has 2 fully saturated rings. The Balaban J connectivity index is 1.62. The second-order valence-electron chi connectivity index (χ2n) is 5.97. The maximum absolute atomic E-state index is 12.4. The Kier molecular flexibility index (Phi) is 4.85. The van der Waals surface area contributed by atoms with E-state index in [9.17, 15) is 4.79 Å². The maximum atomic E-state index is 12.4. The smallest absolute Gasteiger partial charge is 0.178 e. The van der Waals surface area contributed by atoms with Crippen LogP contribution in [0.25, 0.3) is 0 Å². The number of rotatable bonds is 3. The number of benzene rings is 1. The van der Waals surface area contributed by atoms with E-state index in [4.69, 9.17) is 23.2 Å². The van der Waals surface area contributed by atoms with Gasteiger partial charge in [0.15, 0.2) is 5.78 Å². The van der Waals surface area contributed by atoms with Crippen molar-refractivity contribution in [3.63, 3.8) is 0 Å². The molecule has 114 valence electrons. The SMILES string of the molecule is O=C(CN1CCN2CCCCC2C1)c1ccc(Cl)cc1Cl. The summed E-state index contributed by atoms with van der Waals surface area (Å²) in [6.07, 6.45) is 3.88. The Morgan fingerprint density at radius 1 is 1.19 bits per heavy atom. The molecule has 0 saturated carbocycles. The fraction of sp³-hybridized carbons (Fsp3) is 0.562. The van der Waals surface area contributed by atoms with Gasteiger partial charge in [-0.15, -0.1) is 0 Å². The van der Waals surface area contributed by atoms with E-state index in [1.165, 1.54) is 25.8 Å². The summed E-state index contributed by atoms with van der Waals surface area (Å²) in [7, 11) is 0. The minimum absolute atomic E-state index is 0.0842.